The fourth-order valence-electron chi connectivity index (χ4n) is 2.32. The summed E-state index contributed by atoms with van der Waals surface area (Å²) in [5.41, 5.74) is 0.564. The third-order valence-corrected chi connectivity index (χ3v) is 3.62. The number of benzene rings is 1. The lowest BCUT2D eigenvalue weighted by Crippen LogP contribution is -2.31. The molecule has 0 aliphatic carbocycles. The van der Waals surface area contributed by atoms with E-state index in [0.717, 1.165) is 4.90 Å². The number of carbonyl (C=O) groups excluding carboxylic acids is 3. The fourth-order valence-corrected chi connectivity index (χ4v) is 2.32. The summed E-state index contributed by atoms with van der Waals surface area (Å²) in [4.78, 5) is 39.7. The minimum absolute atomic E-state index is 0.00115. The summed E-state index contributed by atoms with van der Waals surface area (Å²) >= 11 is 0. The average Bonchev–Trinajstić information content (AvgIpc) is 3.19. The molecule has 0 bridgehead atoms. The smallest absolute Gasteiger partial charge is 0.308 e. The number of likely N-dealkylation sites (tertiary alicyclic amines) is 1. The predicted octanol–water partition coefficient (Wildman–Crippen LogP) is 1.46. The molecule has 130 valence electrons. The third kappa shape index (κ3) is 4.06. The molecule has 2 amide bonds. The van der Waals surface area contributed by atoms with Crippen LogP contribution in [-0.2, 0) is 25.7 Å². The van der Waals surface area contributed by atoms with Crippen LogP contribution in [0.5, 0.6) is 0 Å². The van der Waals surface area contributed by atoms with Crippen molar-refractivity contribution in [3.8, 4) is 11.4 Å². The molecule has 1 aliphatic rings. The molecule has 3 rings (SSSR count). The number of esters is 1. The van der Waals surface area contributed by atoms with Crippen LogP contribution in [0, 0.1) is 5.82 Å². The summed E-state index contributed by atoms with van der Waals surface area (Å²) in [5.74, 6) is -1.19. The van der Waals surface area contributed by atoms with E-state index in [2.05, 4.69) is 10.1 Å². The maximum absolute atomic E-state index is 12.9. The molecule has 8 nitrogen and oxygen atoms in total. The number of carbonyl (C=O) groups is 3. The van der Waals surface area contributed by atoms with Crippen LogP contribution in [0.2, 0.25) is 0 Å². The van der Waals surface area contributed by atoms with Crippen molar-refractivity contribution in [2.24, 2.45) is 0 Å². The number of ether oxygens (including phenoxy) is 1. The number of rotatable bonds is 6. The summed E-state index contributed by atoms with van der Waals surface area (Å²) in [6, 6.07) is 5.54. The van der Waals surface area contributed by atoms with Gasteiger partial charge >= 0.3 is 5.97 Å². The molecule has 2 heterocycles. The van der Waals surface area contributed by atoms with Gasteiger partial charge in [-0.25, -0.2) is 4.39 Å². The molecule has 0 N–H and O–H groups in total. The lowest BCUT2D eigenvalue weighted by atomic mass is 10.2. The van der Waals surface area contributed by atoms with Crippen LogP contribution in [0.3, 0.4) is 0 Å². The van der Waals surface area contributed by atoms with Gasteiger partial charge in [-0.1, -0.05) is 5.16 Å². The van der Waals surface area contributed by atoms with E-state index in [-0.39, 0.29) is 61.8 Å². The highest BCUT2D eigenvalue weighted by Gasteiger charge is 2.29. The Morgan fingerprint density at radius 1 is 1.20 bits per heavy atom. The summed E-state index contributed by atoms with van der Waals surface area (Å²) in [6.45, 7) is -0.226. The monoisotopic (exact) mass is 347 g/mol. The van der Waals surface area contributed by atoms with Crippen LogP contribution in [0.1, 0.15) is 25.2 Å². The van der Waals surface area contributed by atoms with Crippen LogP contribution in [0.15, 0.2) is 28.8 Å². The Labute approximate surface area is 141 Å². The molecular formula is C16H14FN3O5. The molecule has 0 spiro atoms. The van der Waals surface area contributed by atoms with Gasteiger partial charge in [0.1, 0.15) is 5.82 Å². The Hall–Kier alpha value is -3.10. The first-order chi connectivity index (χ1) is 12.0. The van der Waals surface area contributed by atoms with Crippen molar-refractivity contribution in [1.29, 1.82) is 0 Å². The average molecular weight is 347 g/mol. The molecule has 0 saturated carbocycles. The molecule has 1 aromatic heterocycles. The molecule has 0 atom stereocenters. The number of amides is 2. The van der Waals surface area contributed by atoms with Crippen molar-refractivity contribution in [3.63, 3.8) is 0 Å². The molecule has 1 saturated heterocycles. The zero-order chi connectivity index (χ0) is 17.8. The van der Waals surface area contributed by atoms with Gasteiger partial charge in [-0.2, -0.15) is 4.98 Å². The second-order valence-electron chi connectivity index (χ2n) is 5.37. The predicted molar refractivity (Wildman–Crippen MR) is 80.1 cm³/mol. The van der Waals surface area contributed by atoms with Gasteiger partial charge in [0.25, 0.3) is 5.89 Å². The largest absolute Gasteiger partial charge is 0.456 e. The van der Waals surface area contributed by atoms with E-state index in [1.807, 2.05) is 0 Å². The number of nitrogens with zero attached hydrogens (tertiary/aromatic N) is 3. The molecule has 1 aromatic carbocycles. The number of hydrogen-bond donors (Lipinski definition) is 0. The Balaban J connectivity index is 1.48. The number of halogens is 1. The SMILES string of the molecule is O=C(CCN1C(=O)CCC1=O)OCc1nc(-c2ccc(F)cc2)no1. The van der Waals surface area contributed by atoms with E-state index >= 15 is 0 Å². The zero-order valence-corrected chi connectivity index (χ0v) is 13.1. The highest BCUT2D eigenvalue weighted by molar-refractivity contribution is 6.02. The van der Waals surface area contributed by atoms with Crippen molar-refractivity contribution in [2.75, 3.05) is 6.54 Å². The van der Waals surface area contributed by atoms with Crippen LogP contribution in [-0.4, -0.2) is 39.4 Å². The van der Waals surface area contributed by atoms with Gasteiger partial charge in [0.2, 0.25) is 17.6 Å². The molecule has 2 aromatic rings. The normalized spacial score (nSPS) is 14.2. The van der Waals surface area contributed by atoms with Crippen molar-refractivity contribution in [2.45, 2.75) is 25.9 Å². The van der Waals surface area contributed by atoms with E-state index in [9.17, 15) is 18.8 Å². The van der Waals surface area contributed by atoms with E-state index < -0.39 is 5.97 Å². The molecular weight excluding hydrogens is 333 g/mol. The highest BCUT2D eigenvalue weighted by atomic mass is 19.1. The van der Waals surface area contributed by atoms with Gasteiger partial charge < -0.3 is 9.26 Å². The van der Waals surface area contributed by atoms with Gasteiger partial charge in [-0.15, -0.1) is 0 Å². The van der Waals surface area contributed by atoms with Gasteiger partial charge in [-0.05, 0) is 24.3 Å². The minimum Gasteiger partial charge on any atom is -0.456 e. The first kappa shape index (κ1) is 16.7. The van der Waals surface area contributed by atoms with Gasteiger partial charge in [0.05, 0.1) is 6.42 Å². The summed E-state index contributed by atoms with van der Waals surface area (Å²) < 4.78 is 22.8. The van der Waals surface area contributed by atoms with E-state index in [4.69, 9.17) is 9.26 Å². The zero-order valence-electron chi connectivity index (χ0n) is 13.1. The quantitative estimate of drug-likeness (QED) is 0.575. The Kier molecular flexibility index (Phi) is 4.82. The van der Waals surface area contributed by atoms with Gasteiger partial charge in [0.15, 0.2) is 6.61 Å². The molecule has 9 heteroatoms. The molecule has 1 fully saturated rings. The summed E-state index contributed by atoms with van der Waals surface area (Å²) in [5, 5.41) is 3.73. The first-order valence-electron chi connectivity index (χ1n) is 7.60. The fraction of sp³-hybridized carbons (Fsp3) is 0.312. The summed E-state index contributed by atoms with van der Waals surface area (Å²) in [7, 11) is 0. The minimum atomic E-state index is -0.589. The van der Waals surface area contributed by atoms with Crippen LogP contribution < -0.4 is 0 Å². The third-order valence-electron chi connectivity index (χ3n) is 3.62. The van der Waals surface area contributed by atoms with E-state index in [1.54, 1.807) is 0 Å². The topological polar surface area (TPSA) is 103 Å². The number of hydrogen-bond acceptors (Lipinski definition) is 7. The van der Waals surface area contributed by atoms with Gasteiger partial charge in [-0.3, -0.25) is 19.3 Å². The Bertz CT molecular complexity index is 786. The maximum atomic E-state index is 12.9. The Morgan fingerprint density at radius 3 is 2.56 bits per heavy atom. The lowest BCUT2D eigenvalue weighted by molar-refractivity contribution is -0.147. The van der Waals surface area contributed by atoms with E-state index in [1.165, 1.54) is 24.3 Å². The van der Waals surface area contributed by atoms with Crippen LogP contribution >= 0.6 is 0 Å². The second kappa shape index (κ2) is 7.20. The molecule has 0 unspecified atom stereocenters. The molecule has 0 radical (unpaired) electrons. The van der Waals surface area contributed by atoms with Crippen molar-refractivity contribution < 1.29 is 28.0 Å². The van der Waals surface area contributed by atoms with Crippen LogP contribution in [0.25, 0.3) is 11.4 Å². The van der Waals surface area contributed by atoms with Gasteiger partial charge in [0, 0.05) is 24.9 Å². The maximum Gasteiger partial charge on any atom is 0.308 e. The second-order valence-corrected chi connectivity index (χ2v) is 5.37. The van der Waals surface area contributed by atoms with E-state index in [0.29, 0.717) is 5.56 Å². The Morgan fingerprint density at radius 2 is 1.88 bits per heavy atom. The first-order valence-corrected chi connectivity index (χ1v) is 7.60. The standard InChI is InChI=1S/C16H14FN3O5/c17-11-3-1-10(2-4-11)16-18-12(25-19-16)9-24-15(23)7-8-20-13(21)5-6-14(20)22/h1-4H,5-9H2. The summed E-state index contributed by atoms with van der Waals surface area (Å²) in [6.07, 6.45) is 0.264. The molecule has 25 heavy (non-hydrogen) atoms. The van der Waals surface area contributed by atoms with Crippen LogP contribution in [0.4, 0.5) is 4.39 Å². The van der Waals surface area contributed by atoms with Crippen molar-refractivity contribution in [3.05, 3.63) is 36.0 Å². The molecule has 1 aliphatic heterocycles. The number of imide groups is 1. The van der Waals surface area contributed by atoms with Crippen molar-refractivity contribution in [1.82, 2.24) is 15.0 Å². The highest BCUT2D eigenvalue weighted by Crippen LogP contribution is 2.16. The van der Waals surface area contributed by atoms with Crippen molar-refractivity contribution >= 4 is 17.8 Å². The number of aromatic nitrogens is 2. The lowest BCUT2D eigenvalue weighted by Gasteiger charge is -2.12.